The van der Waals surface area contributed by atoms with E-state index in [9.17, 15) is 9.59 Å². The average Bonchev–Trinajstić information content (AvgIpc) is 3.03. The standard InChI is InChI=1S/C34H33N3O4/c1-2-23-34(29-19-11-5-12-20-29,30-21-13-6-14-22-30)26-35-31(36-32(38)40-24-27-15-7-3-8-16-27)37-33(39)41-25-28-17-9-4-10-18-28/h2-22H,1,23-26H2,(H2,35,36,37,38,39). The predicted molar refractivity (Wildman–Crippen MR) is 160 cm³/mol. The van der Waals surface area contributed by atoms with Crippen LogP contribution in [0.25, 0.3) is 0 Å². The SMILES string of the molecule is C=CCC(CN=C(NC(=O)OCc1ccccc1)NC(=O)OCc1ccccc1)(c1ccccc1)c1ccccc1. The summed E-state index contributed by atoms with van der Waals surface area (Å²) in [6, 6.07) is 38.6. The average molecular weight is 548 g/mol. The van der Waals surface area contributed by atoms with Crippen LogP contribution in [-0.4, -0.2) is 24.7 Å². The normalized spacial score (nSPS) is 10.6. The van der Waals surface area contributed by atoms with E-state index in [2.05, 4.69) is 17.2 Å². The molecule has 2 amide bonds. The monoisotopic (exact) mass is 547 g/mol. The van der Waals surface area contributed by atoms with Crippen LogP contribution in [0.5, 0.6) is 0 Å². The summed E-state index contributed by atoms with van der Waals surface area (Å²) in [6.07, 6.45) is 0.891. The highest BCUT2D eigenvalue weighted by molar-refractivity contribution is 6.01. The molecule has 0 aliphatic rings. The number of guanidine groups is 1. The molecule has 0 fully saturated rings. The number of alkyl carbamates (subject to hydrolysis) is 2. The number of benzene rings is 4. The molecule has 7 nitrogen and oxygen atoms in total. The predicted octanol–water partition coefficient (Wildman–Crippen LogP) is 6.76. The van der Waals surface area contributed by atoms with Gasteiger partial charge in [-0.3, -0.25) is 15.6 Å². The van der Waals surface area contributed by atoms with Crippen molar-refractivity contribution in [3.63, 3.8) is 0 Å². The lowest BCUT2D eigenvalue weighted by Gasteiger charge is -2.33. The van der Waals surface area contributed by atoms with Gasteiger partial charge >= 0.3 is 12.2 Å². The molecule has 0 aliphatic carbocycles. The summed E-state index contributed by atoms with van der Waals surface area (Å²) in [5.74, 6) is -0.0820. The molecular formula is C34H33N3O4. The minimum atomic E-state index is -0.760. The van der Waals surface area contributed by atoms with Crippen LogP contribution < -0.4 is 10.6 Å². The van der Waals surface area contributed by atoms with Crippen molar-refractivity contribution in [2.45, 2.75) is 25.0 Å². The van der Waals surface area contributed by atoms with E-state index in [4.69, 9.17) is 14.5 Å². The maximum atomic E-state index is 12.8. The largest absolute Gasteiger partial charge is 0.444 e. The molecule has 0 radical (unpaired) electrons. The lowest BCUT2D eigenvalue weighted by atomic mass is 9.72. The zero-order chi connectivity index (χ0) is 28.8. The number of ether oxygens (including phenoxy) is 2. The van der Waals surface area contributed by atoms with E-state index >= 15 is 0 Å². The number of allylic oxidation sites excluding steroid dienone is 1. The molecule has 208 valence electrons. The van der Waals surface area contributed by atoms with Gasteiger partial charge in [-0.05, 0) is 28.7 Å². The summed E-state index contributed by atoms with van der Waals surface area (Å²) in [7, 11) is 0. The van der Waals surface area contributed by atoms with Gasteiger partial charge in [0.2, 0.25) is 5.96 Å². The molecule has 0 saturated carbocycles. The Labute approximate surface area is 240 Å². The number of amides is 2. The summed E-state index contributed by atoms with van der Waals surface area (Å²) in [5.41, 5.74) is 3.09. The molecule has 4 aromatic rings. The number of aliphatic imine (C=N–C) groups is 1. The van der Waals surface area contributed by atoms with Crippen LogP contribution in [0.2, 0.25) is 0 Å². The van der Waals surface area contributed by atoms with Crippen molar-refractivity contribution >= 4 is 18.1 Å². The van der Waals surface area contributed by atoms with Crippen LogP contribution in [0.1, 0.15) is 28.7 Å². The maximum Gasteiger partial charge on any atom is 0.414 e. The molecule has 41 heavy (non-hydrogen) atoms. The second kappa shape index (κ2) is 14.8. The van der Waals surface area contributed by atoms with Crippen molar-refractivity contribution in [2.75, 3.05) is 6.54 Å². The molecule has 0 aliphatic heterocycles. The third kappa shape index (κ3) is 8.41. The van der Waals surface area contributed by atoms with Gasteiger partial charge in [0.25, 0.3) is 0 Å². The van der Waals surface area contributed by atoms with Crippen molar-refractivity contribution in [3.8, 4) is 0 Å². The molecule has 4 rings (SSSR count). The first kappa shape index (κ1) is 28.8. The Hall–Kier alpha value is -5.17. The molecular weight excluding hydrogens is 514 g/mol. The van der Waals surface area contributed by atoms with Gasteiger partial charge < -0.3 is 9.47 Å². The van der Waals surface area contributed by atoms with Crippen molar-refractivity contribution in [3.05, 3.63) is 156 Å². The van der Waals surface area contributed by atoms with Gasteiger partial charge in [-0.25, -0.2) is 9.59 Å². The first-order valence-electron chi connectivity index (χ1n) is 13.3. The summed E-state index contributed by atoms with van der Waals surface area (Å²) in [6.45, 7) is 4.32. The van der Waals surface area contributed by atoms with E-state index in [1.165, 1.54) is 0 Å². The van der Waals surface area contributed by atoms with Gasteiger partial charge in [-0.1, -0.05) is 127 Å². The molecule has 2 N–H and O–H groups in total. The van der Waals surface area contributed by atoms with E-state index in [0.717, 1.165) is 22.3 Å². The smallest absolute Gasteiger partial charge is 0.414 e. The number of hydrogen-bond donors (Lipinski definition) is 2. The minimum Gasteiger partial charge on any atom is -0.444 e. The maximum absolute atomic E-state index is 12.8. The van der Waals surface area contributed by atoms with E-state index < -0.39 is 17.6 Å². The van der Waals surface area contributed by atoms with Crippen LogP contribution in [0.4, 0.5) is 9.59 Å². The highest BCUT2D eigenvalue weighted by Crippen LogP contribution is 2.36. The van der Waals surface area contributed by atoms with E-state index in [1.807, 2.05) is 127 Å². The number of nitrogens with zero attached hydrogens (tertiary/aromatic N) is 1. The third-order valence-electron chi connectivity index (χ3n) is 6.52. The zero-order valence-corrected chi connectivity index (χ0v) is 22.7. The summed E-state index contributed by atoms with van der Waals surface area (Å²) in [4.78, 5) is 30.2. The Morgan fingerprint density at radius 1 is 0.659 bits per heavy atom. The number of rotatable bonds is 10. The van der Waals surface area contributed by atoms with Gasteiger partial charge in [0.1, 0.15) is 13.2 Å². The van der Waals surface area contributed by atoms with Gasteiger partial charge in [-0.2, -0.15) is 0 Å². The quantitative estimate of drug-likeness (QED) is 0.130. The molecule has 0 aromatic heterocycles. The second-order valence-electron chi connectivity index (χ2n) is 9.35. The fourth-order valence-electron chi connectivity index (χ4n) is 4.45. The Kier molecular flexibility index (Phi) is 10.4. The highest BCUT2D eigenvalue weighted by atomic mass is 16.6. The fourth-order valence-corrected chi connectivity index (χ4v) is 4.45. The Bertz CT molecular complexity index is 1330. The Morgan fingerprint density at radius 2 is 1.05 bits per heavy atom. The van der Waals surface area contributed by atoms with Crippen LogP contribution in [0.15, 0.2) is 139 Å². The lowest BCUT2D eigenvalue weighted by Crippen LogP contribution is -2.45. The van der Waals surface area contributed by atoms with Crippen LogP contribution in [0, 0.1) is 0 Å². The number of carbonyl (C=O) groups excluding carboxylic acids is 2. The summed E-state index contributed by atoms with van der Waals surface area (Å²) >= 11 is 0. The molecule has 0 atom stereocenters. The van der Waals surface area contributed by atoms with Gasteiger partial charge in [0.05, 0.1) is 6.54 Å². The number of carbonyl (C=O) groups is 2. The second-order valence-corrected chi connectivity index (χ2v) is 9.35. The summed E-state index contributed by atoms with van der Waals surface area (Å²) in [5, 5.41) is 5.17. The van der Waals surface area contributed by atoms with E-state index in [1.54, 1.807) is 0 Å². The van der Waals surface area contributed by atoms with Crippen LogP contribution >= 0.6 is 0 Å². The van der Waals surface area contributed by atoms with Gasteiger partial charge in [0, 0.05) is 5.41 Å². The topological polar surface area (TPSA) is 89.0 Å². The molecule has 0 bridgehead atoms. The number of nitrogens with one attached hydrogen (secondary N) is 2. The van der Waals surface area contributed by atoms with Gasteiger partial charge in [0.15, 0.2) is 0 Å². The van der Waals surface area contributed by atoms with E-state index in [-0.39, 0.29) is 25.7 Å². The zero-order valence-electron chi connectivity index (χ0n) is 22.7. The molecule has 7 heteroatoms. The lowest BCUT2D eigenvalue weighted by molar-refractivity contribution is 0.141. The van der Waals surface area contributed by atoms with Crippen LogP contribution in [-0.2, 0) is 28.1 Å². The van der Waals surface area contributed by atoms with Crippen LogP contribution in [0.3, 0.4) is 0 Å². The van der Waals surface area contributed by atoms with Crippen molar-refractivity contribution < 1.29 is 19.1 Å². The number of hydrogen-bond acceptors (Lipinski definition) is 5. The highest BCUT2D eigenvalue weighted by Gasteiger charge is 2.33. The van der Waals surface area contributed by atoms with Crippen molar-refractivity contribution in [1.29, 1.82) is 0 Å². The molecule has 4 aromatic carbocycles. The first-order valence-corrected chi connectivity index (χ1v) is 13.3. The fraction of sp³-hybridized carbons (Fsp3) is 0.147. The first-order chi connectivity index (χ1) is 20.1. The third-order valence-corrected chi connectivity index (χ3v) is 6.52. The van der Waals surface area contributed by atoms with Crippen molar-refractivity contribution in [1.82, 2.24) is 10.6 Å². The van der Waals surface area contributed by atoms with E-state index in [0.29, 0.717) is 6.42 Å². The Morgan fingerprint density at radius 3 is 1.44 bits per heavy atom. The summed E-state index contributed by atoms with van der Waals surface area (Å²) < 4.78 is 10.8. The molecule has 0 unspecified atom stereocenters. The van der Waals surface area contributed by atoms with Gasteiger partial charge in [-0.15, -0.1) is 6.58 Å². The molecule has 0 heterocycles. The molecule has 0 saturated heterocycles. The van der Waals surface area contributed by atoms with Crippen molar-refractivity contribution in [2.24, 2.45) is 4.99 Å². The minimum absolute atomic E-state index is 0.0623. The Balaban J connectivity index is 1.59. The molecule has 0 spiro atoms.